The fourth-order valence-electron chi connectivity index (χ4n) is 3.17. The molecule has 26 heavy (non-hydrogen) atoms. The summed E-state index contributed by atoms with van der Waals surface area (Å²) in [6.07, 6.45) is 2.25. The van der Waals surface area contributed by atoms with Crippen LogP contribution in [0.1, 0.15) is 48.1 Å². The van der Waals surface area contributed by atoms with Gasteiger partial charge in [0.15, 0.2) is 0 Å². The van der Waals surface area contributed by atoms with Crippen molar-refractivity contribution in [1.29, 1.82) is 0 Å². The molecule has 138 valence electrons. The molecule has 0 aliphatic heterocycles. The highest BCUT2D eigenvalue weighted by Crippen LogP contribution is 2.28. The van der Waals surface area contributed by atoms with Gasteiger partial charge in [0.25, 0.3) is 0 Å². The fourth-order valence-corrected chi connectivity index (χ4v) is 3.17. The van der Waals surface area contributed by atoms with Gasteiger partial charge in [-0.15, -0.1) is 0 Å². The van der Waals surface area contributed by atoms with Crippen LogP contribution in [0.4, 0.5) is 4.39 Å². The van der Waals surface area contributed by atoms with Crippen LogP contribution >= 0.6 is 0 Å². The van der Waals surface area contributed by atoms with Crippen LogP contribution in [0.3, 0.4) is 0 Å². The molecule has 2 aromatic carbocycles. The summed E-state index contributed by atoms with van der Waals surface area (Å²) in [6, 6.07) is 13.3. The first-order chi connectivity index (χ1) is 12.4. The van der Waals surface area contributed by atoms with Crippen molar-refractivity contribution < 1.29 is 9.18 Å². The maximum absolute atomic E-state index is 13.1. The van der Waals surface area contributed by atoms with Crippen LogP contribution in [-0.2, 0) is 11.3 Å². The highest BCUT2D eigenvalue weighted by molar-refractivity contribution is 5.78. The molecule has 1 fully saturated rings. The molecule has 0 unspecified atom stereocenters. The van der Waals surface area contributed by atoms with E-state index < -0.39 is 0 Å². The molecule has 1 aliphatic rings. The number of nitrogens with zero attached hydrogens (tertiary/aromatic N) is 1. The fraction of sp³-hybridized carbons (Fsp3) is 0.409. The minimum absolute atomic E-state index is 0.0197. The van der Waals surface area contributed by atoms with Gasteiger partial charge in [-0.2, -0.15) is 0 Å². The number of carbonyl (C=O) groups excluding carboxylic acids is 1. The summed E-state index contributed by atoms with van der Waals surface area (Å²) >= 11 is 0. The first kappa shape index (κ1) is 18.6. The summed E-state index contributed by atoms with van der Waals surface area (Å²) in [4.78, 5) is 14.7. The molecule has 1 atom stereocenters. The van der Waals surface area contributed by atoms with Crippen LogP contribution in [0.2, 0.25) is 0 Å². The van der Waals surface area contributed by atoms with E-state index in [1.54, 1.807) is 12.1 Å². The lowest BCUT2D eigenvalue weighted by molar-refractivity contribution is -0.123. The first-order valence-corrected chi connectivity index (χ1v) is 9.27. The van der Waals surface area contributed by atoms with E-state index in [4.69, 9.17) is 0 Å². The molecule has 0 saturated heterocycles. The van der Waals surface area contributed by atoms with E-state index in [1.807, 2.05) is 6.92 Å². The molecule has 1 saturated carbocycles. The predicted molar refractivity (Wildman–Crippen MR) is 102 cm³/mol. The minimum atomic E-state index is -0.230. The molecule has 0 radical (unpaired) electrons. The number of nitrogens with one attached hydrogen (secondary N) is 1. The molecular weight excluding hydrogens is 327 g/mol. The zero-order valence-electron chi connectivity index (χ0n) is 15.8. The SMILES string of the molecule is Cc1ccc([C@@H](C)NC(=O)CN(Cc2ccc(F)cc2)C2CC2)cc1C. The maximum Gasteiger partial charge on any atom is 0.234 e. The average Bonchev–Trinajstić information content (AvgIpc) is 3.43. The van der Waals surface area contributed by atoms with Crippen molar-refractivity contribution in [3.63, 3.8) is 0 Å². The van der Waals surface area contributed by atoms with Crippen molar-refractivity contribution in [3.8, 4) is 0 Å². The molecule has 0 aromatic heterocycles. The van der Waals surface area contributed by atoms with Crippen molar-refractivity contribution in [3.05, 3.63) is 70.5 Å². The lowest BCUT2D eigenvalue weighted by Crippen LogP contribution is -2.39. The Morgan fingerprint density at radius 1 is 1.15 bits per heavy atom. The number of halogens is 1. The number of benzene rings is 2. The number of amides is 1. The Hall–Kier alpha value is -2.20. The Labute approximate surface area is 155 Å². The van der Waals surface area contributed by atoms with Crippen LogP contribution < -0.4 is 5.32 Å². The molecule has 4 heteroatoms. The molecule has 0 spiro atoms. The van der Waals surface area contributed by atoms with Gasteiger partial charge < -0.3 is 5.32 Å². The van der Waals surface area contributed by atoms with Gasteiger partial charge in [0.05, 0.1) is 12.6 Å². The molecule has 3 rings (SSSR count). The van der Waals surface area contributed by atoms with Crippen LogP contribution in [-0.4, -0.2) is 23.4 Å². The zero-order chi connectivity index (χ0) is 18.7. The summed E-state index contributed by atoms with van der Waals surface area (Å²) in [5.41, 5.74) is 4.65. The van der Waals surface area contributed by atoms with Gasteiger partial charge in [0, 0.05) is 12.6 Å². The van der Waals surface area contributed by atoms with Gasteiger partial charge >= 0.3 is 0 Å². The first-order valence-electron chi connectivity index (χ1n) is 9.27. The Morgan fingerprint density at radius 3 is 2.46 bits per heavy atom. The average molecular weight is 354 g/mol. The van der Waals surface area contributed by atoms with E-state index in [-0.39, 0.29) is 17.8 Å². The minimum Gasteiger partial charge on any atom is -0.348 e. The van der Waals surface area contributed by atoms with Gasteiger partial charge in [-0.3, -0.25) is 9.69 Å². The summed E-state index contributed by atoms with van der Waals surface area (Å²) < 4.78 is 13.1. The quantitative estimate of drug-likeness (QED) is 0.805. The summed E-state index contributed by atoms with van der Waals surface area (Å²) in [5.74, 6) is -0.198. The van der Waals surface area contributed by atoms with Crippen molar-refractivity contribution in [2.75, 3.05) is 6.54 Å². The number of rotatable bonds is 7. The standard InChI is InChI=1S/C22H27FN2O/c1-15-4-7-19(12-16(15)2)17(3)24-22(26)14-25(21-10-11-21)13-18-5-8-20(23)9-6-18/h4-9,12,17,21H,10-11,13-14H2,1-3H3,(H,24,26)/t17-/m1/s1. The summed E-state index contributed by atoms with van der Waals surface area (Å²) in [6.45, 7) is 7.24. The number of aryl methyl sites for hydroxylation is 2. The predicted octanol–water partition coefficient (Wildman–Crippen LogP) is 4.28. The number of hydrogen-bond donors (Lipinski definition) is 1. The van der Waals surface area contributed by atoms with E-state index in [2.05, 4.69) is 42.3 Å². The van der Waals surface area contributed by atoms with E-state index in [0.717, 1.165) is 24.0 Å². The van der Waals surface area contributed by atoms with Gasteiger partial charge in [0.2, 0.25) is 5.91 Å². The normalized spacial score (nSPS) is 15.1. The van der Waals surface area contributed by atoms with E-state index >= 15 is 0 Å². The second-order valence-corrected chi connectivity index (χ2v) is 7.40. The molecular formula is C22H27FN2O. The van der Waals surface area contributed by atoms with Crippen molar-refractivity contribution >= 4 is 5.91 Å². The van der Waals surface area contributed by atoms with Crippen LogP contribution in [0.25, 0.3) is 0 Å². The van der Waals surface area contributed by atoms with Crippen LogP contribution in [0.15, 0.2) is 42.5 Å². The second-order valence-electron chi connectivity index (χ2n) is 7.40. The zero-order valence-corrected chi connectivity index (χ0v) is 15.8. The van der Waals surface area contributed by atoms with Crippen LogP contribution in [0, 0.1) is 19.7 Å². The molecule has 1 aliphatic carbocycles. The Kier molecular flexibility index (Phi) is 5.72. The third-order valence-electron chi connectivity index (χ3n) is 5.12. The molecule has 0 heterocycles. The van der Waals surface area contributed by atoms with Crippen LogP contribution in [0.5, 0.6) is 0 Å². The Morgan fingerprint density at radius 2 is 1.85 bits per heavy atom. The lowest BCUT2D eigenvalue weighted by atomic mass is 10.0. The molecule has 3 nitrogen and oxygen atoms in total. The van der Waals surface area contributed by atoms with Gasteiger partial charge in [-0.05, 0) is 68.0 Å². The Bertz CT molecular complexity index is 768. The highest BCUT2D eigenvalue weighted by Gasteiger charge is 2.30. The van der Waals surface area contributed by atoms with Gasteiger partial charge in [-0.1, -0.05) is 30.3 Å². The van der Waals surface area contributed by atoms with E-state index in [9.17, 15) is 9.18 Å². The Balaban J connectivity index is 1.59. The molecule has 0 bridgehead atoms. The number of hydrogen-bond acceptors (Lipinski definition) is 2. The topological polar surface area (TPSA) is 32.3 Å². The second kappa shape index (κ2) is 8.00. The van der Waals surface area contributed by atoms with E-state index in [0.29, 0.717) is 19.1 Å². The largest absolute Gasteiger partial charge is 0.348 e. The lowest BCUT2D eigenvalue weighted by Gasteiger charge is -2.23. The molecule has 1 amide bonds. The van der Waals surface area contributed by atoms with Gasteiger partial charge in [-0.25, -0.2) is 4.39 Å². The molecule has 1 N–H and O–H groups in total. The smallest absolute Gasteiger partial charge is 0.234 e. The summed E-state index contributed by atoms with van der Waals surface area (Å²) in [5, 5.41) is 3.11. The molecule has 2 aromatic rings. The van der Waals surface area contributed by atoms with Crippen molar-refractivity contribution in [2.45, 2.75) is 52.2 Å². The third-order valence-corrected chi connectivity index (χ3v) is 5.12. The van der Waals surface area contributed by atoms with E-state index in [1.165, 1.54) is 23.3 Å². The monoisotopic (exact) mass is 354 g/mol. The van der Waals surface area contributed by atoms with Crippen molar-refractivity contribution in [1.82, 2.24) is 10.2 Å². The summed E-state index contributed by atoms with van der Waals surface area (Å²) in [7, 11) is 0. The third kappa shape index (κ3) is 4.92. The highest BCUT2D eigenvalue weighted by atomic mass is 19.1. The number of carbonyl (C=O) groups is 1. The van der Waals surface area contributed by atoms with Crippen molar-refractivity contribution in [2.24, 2.45) is 0 Å². The van der Waals surface area contributed by atoms with Gasteiger partial charge in [0.1, 0.15) is 5.82 Å². The maximum atomic E-state index is 13.1.